The average molecular weight is 454 g/mol. The lowest BCUT2D eigenvalue weighted by Crippen LogP contribution is -2.43. The van der Waals surface area contributed by atoms with E-state index in [-0.39, 0.29) is 22.8 Å². The van der Waals surface area contributed by atoms with Crippen molar-refractivity contribution in [2.24, 2.45) is 5.92 Å². The molecule has 1 saturated carbocycles. The van der Waals surface area contributed by atoms with E-state index in [1.54, 1.807) is 32.2 Å². The Morgan fingerprint density at radius 2 is 1.94 bits per heavy atom. The maximum Gasteiger partial charge on any atom is 0.243 e. The first-order valence-electron chi connectivity index (χ1n) is 10.8. The largest absolute Gasteiger partial charge is 0.496 e. The molecule has 7 nitrogen and oxygen atoms in total. The van der Waals surface area contributed by atoms with Gasteiger partial charge in [-0.05, 0) is 74.1 Å². The van der Waals surface area contributed by atoms with Gasteiger partial charge in [0.05, 0.1) is 29.4 Å². The number of ether oxygens (including phenoxy) is 1. The summed E-state index contributed by atoms with van der Waals surface area (Å²) in [4.78, 5) is 13.1. The summed E-state index contributed by atoms with van der Waals surface area (Å²) < 4.78 is 32.9. The molecular weight excluding hydrogens is 426 g/mol. The van der Waals surface area contributed by atoms with Gasteiger partial charge in [0, 0.05) is 18.8 Å². The molecule has 1 N–H and O–H groups in total. The zero-order valence-corrected chi connectivity index (χ0v) is 19.1. The van der Waals surface area contributed by atoms with E-state index < -0.39 is 15.9 Å². The number of methoxy groups -OCH3 is 1. The predicted molar refractivity (Wildman–Crippen MR) is 121 cm³/mol. The highest BCUT2D eigenvalue weighted by Gasteiger charge is 2.44. The SMILES string of the molecule is COc1ccc(S(=O)(=O)N2CCC[C@@H](C(=O)Nc3ccc(C4(C#N)CC4)cc3)C2)cc1C. The number of piperidine rings is 1. The van der Waals surface area contributed by atoms with Crippen LogP contribution in [0.25, 0.3) is 0 Å². The molecule has 2 fully saturated rings. The first-order valence-corrected chi connectivity index (χ1v) is 12.2. The predicted octanol–water partition coefficient (Wildman–Crippen LogP) is 3.60. The Hall–Kier alpha value is -2.89. The number of nitriles is 1. The Morgan fingerprint density at radius 1 is 1.22 bits per heavy atom. The van der Waals surface area contributed by atoms with Crippen LogP contribution in [0.3, 0.4) is 0 Å². The summed E-state index contributed by atoms with van der Waals surface area (Å²) in [6.45, 7) is 2.34. The van der Waals surface area contributed by atoms with E-state index in [4.69, 9.17) is 4.74 Å². The van der Waals surface area contributed by atoms with Gasteiger partial charge in [-0.25, -0.2) is 8.42 Å². The maximum atomic E-state index is 13.2. The van der Waals surface area contributed by atoms with Crippen LogP contribution in [0, 0.1) is 24.2 Å². The van der Waals surface area contributed by atoms with Gasteiger partial charge in [-0.2, -0.15) is 9.57 Å². The molecule has 1 saturated heterocycles. The van der Waals surface area contributed by atoms with E-state index in [2.05, 4.69) is 11.4 Å². The molecule has 2 aromatic rings. The number of nitrogens with zero attached hydrogens (tertiary/aromatic N) is 2. The fraction of sp³-hybridized carbons (Fsp3) is 0.417. The third-order valence-corrected chi connectivity index (χ3v) is 8.29. The number of benzene rings is 2. The van der Waals surface area contributed by atoms with Crippen molar-refractivity contribution in [2.75, 3.05) is 25.5 Å². The molecule has 0 spiro atoms. The molecule has 0 bridgehead atoms. The van der Waals surface area contributed by atoms with Crippen molar-refractivity contribution in [3.8, 4) is 11.8 Å². The maximum absolute atomic E-state index is 13.2. The number of nitrogens with one attached hydrogen (secondary N) is 1. The monoisotopic (exact) mass is 453 g/mol. The van der Waals surface area contributed by atoms with Crippen molar-refractivity contribution < 1.29 is 17.9 Å². The summed E-state index contributed by atoms with van der Waals surface area (Å²) in [5, 5.41) is 12.2. The first-order chi connectivity index (χ1) is 15.3. The highest BCUT2D eigenvalue weighted by atomic mass is 32.2. The minimum absolute atomic E-state index is 0.148. The van der Waals surface area contributed by atoms with Gasteiger partial charge < -0.3 is 10.1 Å². The number of carbonyl (C=O) groups is 1. The number of hydrogen-bond donors (Lipinski definition) is 1. The van der Waals surface area contributed by atoms with Crippen LogP contribution in [0.5, 0.6) is 5.75 Å². The van der Waals surface area contributed by atoms with Crippen LogP contribution in [0.4, 0.5) is 5.69 Å². The smallest absolute Gasteiger partial charge is 0.243 e. The van der Waals surface area contributed by atoms with Crippen LogP contribution in [-0.4, -0.2) is 38.8 Å². The zero-order valence-electron chi connectivity index (χ0n) is 18.3. The Balaban J connectivity index is 1.43. The molecule has 0 aromatic heterocycles. The Kier molecular flexibility index (Phi) is 5.97. The average Bonchev–Trinajstić information content (AvgIpc) is 3.61. The van der Waals surface area contributed by atoms with E-state index in [9.17, 15) is 18.5 Å². The quantitative estimate of drug-likeness (QED) is 0.720. The number of rotatable bonds is 6. The van der Waals surface area contributed by atoms with Crippen molar-refractivity contribution >= 4 is 21.6 Å². The lowest BCUT2D eigenvalue weighted by Gasteiger charge is -2.31. The number of anilines is 1. The fourth-order valence-electron chi connectivity index (χ4n) is 4.24. The second-order valence-electron chi connectivity index (χ2n) is 8.59. The molecular formula is C24H27N3O4S. The summed E-state index contributed by atoms with van der Waals surface area (Å²) in [5.41, 5.74) is 2.01. The van der Waals surface area contributed by atoms with E-state index in [1.807, 2.05) is 24.3 Å². The lowest BCUT2D eigenvalue weighted by molar-refractivity contribution is -0.120. The van der Waals surface area contributed by atoms with Crippen LogP contribution in [0.2, 0.25) is 0 Å². The molecule has 1 atom stereocenters. The molecule has 4 rings (SSSR count). The number of carbonyl (C=O) groups excluding carboxylic acids is 1. The molecule has 0 radical (unpaired) electrons. The van der Waals surface area contributed by atoms with Crippen molar-refractivity contribution in [1.29, 1.82) is 5.26 Å². The Bertz CT molecular complexity index is 1160. The standard InChI is InChI=1S/C24H27N3O4S/c1-17-14-21(9-10-22(17)31-2)32(29,30)27-13-3-4-18(15-27)23(28)26-20-7-5-19(6-8-20)24(16-25)11-12-24/h5-10,14,18H,3-4,11-13,15H2,1-2H3,(H,26,28)/t18-/m1/s1. The van der Waals surface area contributed by atoms with Gasteiger partial charge >= 0.3 is 0 Å². The molecule has 168 valence electrons. The molecule has 2 aliphatic rings. The highest BCUT2D eigenvalue weighted by Crippen LogP contribution is 2.47. The van der Waals surface area contributed by atoms with Gasteiger partial charge in [-0.3, -0.25) is 4.79 Å². The number of amides is 1. The molecule has 0 unspecified atom stereocenters. The van der Waals surface area contributed by atoms with Crippen LogP contribution < -0.4 is 10.1 Å². The first kappa shape index (κ1) is 22.3. The van der Waals surface area contributed by atoms with E-state index in [0.29, 0.717) is 30.8 Å². The molecule has 32 heavy (non-hydrogen) atoms. The van der Waals surface area contributed by atoms with Gasteiger partial charge in [-0.15, -0.1) is 0 Å². The van der Waals surface area contributed by atoms with Crippen LogP contribution >= 0.6 is 0 Å². The fourth-order valence-corrected chi connectivity index (χ4v) is 5.85. The number of hydrogen-bond acceptors (Lipinski definition) is 5. The summed E-state index contributed by atoms with van der Waals surface area (Å²) in [5.74, 6) is 0.0182. The van der Waals surface area contributed by atoms with Crippen LogP contribution in [0.1, 0.15) is 36.8 Å². The minimum Gasteiger partial charge on any atom is -0.496 e. The Morgan fingerprint density at radius 3 is 2.53 bits per heavy atom. The van der Waals surface area contributed by atoms with Crippen molar-refractivity contribution in [2.45, 2.75) is 42.9 Å². The normalized spacial score (nSPS) is 20.2. The summed E-state index contributed by atoms with van der Waals surface area (Å²) in [7, 11) is -2.15. The molecule has 1 aliphatic carbocycles. The third-order valence-electron chi connectivity index (χ3n) is 6.43. The van der Waals surface area contributed by atoms with Crippen molar-refractivity contribution in [3.63, 3.8) is 0 Å². The lowest BCUT2D eigenvalue weighted by atomic mass is 9.97. The summed E-state index contributed by atoms with van der Waals surface area (Å²) in [6.07, 6.45) is 3.00. The topological polar surface area (TPSA) is 99.5 Å². The second-order valence-corrected chi connectivity index (χ2v) is 10.5. The van der Waals surface area contributed by atoms with Crippen molar-refractivity contribution in [3.05, 3.63) is 53.6 Å². The number of aryl methyl sites for hydroxylation is 1. The Labute approximate surface area is 189 Å². The molecule has 2 aromatic carbocycles. The zero-order chi connectivity index (χ0) is 22.9. The van der Waals surface area contributed by atoms with Crippen molar-refractivity contribution in [1.82, 2.24) is 4.31 Å². The van der Waals surface area contributed by atoms with Crippen LogP contribution in [-0.2, 0) is 20.2 Å². The van der Waals surface area contributed by atoms with E-state index in [1.165, 1.54) is 4.31 Å². The van der Waals surface area contributed by atoms with Gasteiger partial charge in [0.25, 0.3) is 0 Å². The van der Waals surface area contributed by atoms with E-state index >= 15 is 0 Å². The second kappa shape index (κ2) is 8.57. The molecule has 8 heteroatoms. The van der Waals surface area contributed by atoms with Gasteiger partial charge in [-0.1, -0.05) is 12.1 Å². The van der Waals surface area contributed by atoms with Crippen LogP contribution in [0.15, 0.2) is 47.4 Å². The van der Waals surface area contributed by atoms with E-state index in [0.717, 1.165) is 24.0 Å². The van der Waals surface area contributed by atoms with Gasteiger partial charge in [0.15, 0.2) is 0 Å². The minimum atomic E-state index is -3.70. The number of sulfonamides is 1. The molecule has 1 aliphatic heterocycles. The van der Waals surface area contributed by atoms with Gasteiger partial charge in [0.2, 0.25) is 15.9 Å². The molecule has 1 amide bonds. The third kappa shape index (κ3) is 4.23. The summed E-state index contributed by atoms with van der Waals surface area (Å²) >= 11 is 0. The van der Waals surface area contributed by atoms with Gasteiger partial charge in [0.1, 0.15) is 5.75 Å². The highest BCUT2D eigenvalue weighted by molar-refractivity contribution is 7.89. The summed E-state index contributed by atoms with van der Waals surface area (Å²) in [6, 6.07) is 14.5. The molecule has 1 heterocycles.